The average molecular weight is 271 g/mol. The monoisotopic (exact) mass is 271 g/mol. The maximum absolute atomic E-state index is 12.0. The molecule has 0 spiro atoms. The van der Waals surface area contributed by atoms with Gasteiger partial charge in [-0.05, 0) is 36.8 Å². The second-order valence-corrected chi connectivity index (χ2v) is 4.58. The fourth-order valence-electron chi connectivity index (χ4n) is 1.78. The average Bonchev–Trinajstić information content (AvgIpc) is 2.47. The van der Waals surface area contributed by atoms with Gasteiger partial charge in [-0.25, -0.2) is 4.79 Å². The van der Waals surface area contributed by atoms with Crippen LogP contribution in [0.4, 0.5) is 0 Å². The lowest BCUT2D eigenvalue weighted by atomic mass is 10.1. The number of ether oxygens (including phenoxy) is 1. The number of aliphatic hydroxyl groups is 1. The zero-order valence-corrected chi connectivity index (χ0v) is 11.2. The quantitative estimate of drug-likeness (QED) is 0.660. The smallest absolute Gasteiger partial charge is 0.343 e. The van der Waals surface area contributed by atoms with Gasteiger partial charge < -0.3 is 15.6 Å². The van der Waals surface area contributed by atoms with Crippen molar-refractivity contribution in [1.29, 1.82) is 0 Å². The van der Waals surface area contributed by atoms with Crippen molar-refractivity contribution in [1.82, 2.24) is 0 Å². The van der Waals surface area contributed by atoms with E-state index in [1.54, 1.807) is 36.4 Å². The Balaban J connectivity index is 2.13. The molecule has 104 valence electrons. The van der Waals surface area contributed by atoms with Crippen LogP contribution in [0.5, 0.6) is 5.75 Å². The van der Waals surface area contributed by atoms with Crippen molar-refractivity contribution in [3.8, 4) is 5.75 Å². The van der Waals surface area contributed by atoms with Crippen LogP contribution in [0.15, 0.2) is 48.5 Å². The molecular formula is C16H17NO3. The van der Waals surface area contributed by atoms with Crippen molar-refractivity contribution < 1.29 is 14.6 Å². The molecule has 0 aliphatic carbocycles. The van der Waals surface area contributed by atoms with Gasteiger partial charge in [-0.1, -0.05) is 29.8 Å². The Morgan fingerprint density at radius 2 is 1.95 bits per heavy atom. The SMILES string of the molecule is Cc1ccc(C(=O)Oc2cccc(C(O)CN)c2)cc1. The van der Waals surface area contributed by atoms with E-state index < -0.39 is 12.1 Å². The Bertz CT molecular complexity index is 593. The molecule has 0 aromatic heterocycles. The van der Waals surface area contributed by atoms with Crippen LogP contribution in [0.1, 0.15) is 27.6 Å². The van der Waals surface area contributed by atoms with E-state index in [0.717, 1.165) is 5.56 Å². The van der Waals surface area contributed by atoms with Gasteiger partial charge in [-0.2, -0.15) is 0 Å². The second kappa shape index (κ2) is 6.32. The fraction of sp³-hybridized carbons (Fsp3) is 0.188. The molecule has 0 aliphatic rings. The summed E-state index contributed by atoms with van der Waals surface area (Å²) in [5.74, 6) is -0.0371. The van der Waals surface area contributed by atoms with Gasteiger partial charge in [0.2, 0.25) is 0 Å². The van der Waals surface area contributed by atoms with Gasteiger partial charge >= 0.3 is 5.97 Å². The minimum atomic E-state index is -0.756. The maximum atomic E-state index is 12.0. The van der Waals surface area contributed by atoms with Gasteiger partial charge in [0, 0.05) is 6.54 Å². The van der Waals surface area contributed by atoms with E-state index in [1.807, 2.05) is 19.1 Å². The van der Waals surface area contributed by atoms with Crippen LogP contribution in [-0.2, 0) is 0 Å². The molecular weight excluding hydrogens is 254 g/mol. The minimum absolute atomic E-state index is 0.120. The molecule has 4 nitrogen and oxygen atoms in total. The Labute approximate surface area is 117 Å². The third kappa shape index (κ3) is 3.44. The molecule has 1 unspecified atom stereocenters. The lowest BCUT2D eigenvalue weighted by Crippen LogP contribution is -2.12. The molecule has 0 aliphatic heterocycles. The van der Waals surface area contributed by atoms with Gasteiger partial charge in [0.05, 0.1) is 11.7 Å². The van der Waals surface area contributed by atoms with Gasteiger partial charge in [-0.15, -0.1) is 0 Å². The second-order valence-electron chi connectivity index (χ2n) is 4.58. The molecule has 2 aromatic rings. The van der Waals surface area contributed by atoms with Crippen molar-refractivity contribution in [3.63, 3.8) is 0 Å². The molecule has 2 aromatic carbocycles. The third-order valence-corrected chi connectivity index (χ3v) is 2.96. The summed E-state index contributed by atoms with van der Waals surface area (Å²) in [4.78, 5) is 12.0. The molecule has 4 heteroatoms. The number of carbonyl (C=O) groups excluding carboxylic acids is 1. The molecule has 0 saturated carbocycles. The summed E-state index contributed by atoms with van der Waals surface area (Å²) in [6, 6.07) is 13.9. The van der Waals surface area contributed by atoms with Crippen LogP contribution in [0.3, 0.4) is 0 Å². The van der Waals surface area contributed by atoms with Crippen LogP contribution in [0.2, 0.25) is 0 Å². The van der Waals surface area contributed by atoms with Crippen LogP contribution >= 0.6 is 0 Å². The normalized spacial score (nSPS) is 11.9. The van der Waals surface area contributed by atoms with Gasteiger partial charge in [0.1, 0.15) is 5.75 Å². The van der Waals surface area contributed by atoms with Crippen molar-refractivity contribution in [2.45, 2.75) is 13.0 Å². The summed E-state index contributed by atoms with van der Waals surface area (Å²) in [5, 5.41) is 9.67. The highest BCUT2D eigenvalue weighted by Crippen LogP contribution is 2.19. The largest absolute Gasteiger partial charge is 0.423 e. The van der Waals surface area contributed by atoms with E-state index >= 15 is 0 Å². The minimum Gasteiger partial charge on any atom is -0.423 e. The highest BCUT2D eigenvalue weighted by Gasteiger charge is 2.10. The van der Waals surface area contributed by atoms with E-state index in [4.69, 9.17) is 10.5 Å². The molecule has 0 heterocycles. The molecule has 1 atom stereocenters. The number of carbonyl (C=O) groups is 1. The molecule has 2 rings (SSSR count). The fourth-order valence-corrected chi connectivity index (χ4v) is 1.78. The number of nitrogens with two attached hydrogens (primary N) is 1. The van der Waals surface area contributed by atoms with Gasteiger partial charge in [0.15, 0.2) is 0 Å². The predicted octanol–water partition coefficient (Wildman–Crippen LogP) is 2.21. The third-order valence-electron chi connectivity index (χ3n) is 2.96. The molecule has 0 bridgehead atoms. The Hall–Kier alpha value is -2.17. The van der Waals surface area contributed by atoms with Gasteiger partial charge in [-0.3, -0.25) is 0 Å². The number of benzene rings is 2. The number of aryl methyl sites for hydroxylation is 1. The molecule has 0 fully saturated rings. The number of hydrogen-bond donors (Lipinski definition) is 2. The van der Waals surface area contributed by atoms with E-state index in [2.05, 4.69) is 0 Å². The summed E-state index contributed by atoms with van der Waals surface area (Å²) >= 11 is 0. The van der Waals surface area contributed by atoms with Crippen molar-refractivity contribution in [2.75, 3.05) is 6.54 Å². The van der Waals surface area contributed by atoms with Gasteiger partial charge in [0.25, 0.3) is 0 Å². The van der Waals surface area contributed by atoms with E-state index in [9.17, 15) is 9.90 Å². The predicted molar refractivity (Wildman–Crippen MR) is 76.6 cm³/mol. The van der Waals surface area contributed by atoms with Crippen molar-refractivity contribution in [2.24, 2.45) is 5.73 Å². The first-order valence-corrected chi connectivity index (χ1v) is 6.37. The lowest BCUT2D eigenvalue weighted by Gasteiger charge is -2.10. The Morgan fingerprint density at radius 3 is 2.60 bits per heavy atom. The maximum Gasteiger partial charge on any atom is 0.343 e. The summed E-state index contributed by atoms with van der Waals surface area (Å²) < 4.78 is 5.28. The first kappa shape index (κ1) is 14.2. The zero-order chi connectivity index (χ0) is 14.5. The molecule has 0 radical (unpaired) electrons. The standard InChI is InChI=1S/C16H17NO3/c1-11-5-7-12(8-6-11)16(19)20-14-4-2-3-13(9-14)15(18)10-17/h2-9,15,18H,10,17H2,1H3. The molecule has 0 amide bonds. The van der Waals surface area contributed by atoms with E-state index in [0.29, 0.717) is 16.9 Å². The highest BCUT2D eigenvalue weighted by atomic mass is 16.5. The highest BCUT2D eigenvalue weighted by molar-refractivity contribution is 5.91. The number of aliphatic hydroxyl groups excluding tert-OH is 1. The number of esters is 1. The van der Waals surface area contributed by atoms with Crippen LogP contribution in [0, 0.1) is 6.92 Å². The van der Waals surface area contributed by atoms with Crippen LogP contribution in [0.25, 0.3) is 0 Å². The summed E-state index contributed by atoms with van der Waals surface area (Å²) in [6.07, 6.45) is -0.756. The van der Waals surface area contributed by atoms with Crippen molar-refractivity contribution >= 4 is 5.97 Å². The number of rotatable bonds is 4. The van der Waals surface area contributed by atoms with E-state index in [1.165, 1.54) is 0 Å². The van der Waals surface area contributed by atoms with Crippen LogP contribution in [-0.4, -0.2) is 17.6 Å². The summed E-state index contributed by atoms with van der Waals surface area (Å²) in [5.41, 5.74) is 7.59. The number of hydrogen-bond acceptors (Lipinski definition) is 4. The first-order chi connectivity index (χ1) is 9.60. The Kier molecular flexibility index (Phi) is 4.50. The lowest BCUT2D eigenvalue weighted by molar-refractivity contribution is 0.0734. The Morgan fingerprint density at radius 1 is 1.25 bits per heavy atom. The zero-order valence-electron chi connectivity index (χ0n) is 11.2. The molecule has 3 N–H and O–H groups in total. The van der Waals surface area contributed by atoms with Crippen LogP contribution < -0.4 is 10.5 Å². The summed E-state index contributed by atoms with van der Waals surface area (Å²) in [7, 11) is 0. The molecule has 0 saturated heterocycles. The summed E-state index contributed by atoms with van der Waals surface area (Å²) in [6.45, 7) is 2.07. The topological polar surface area (TPSA) is 72.5 Å². The molecule has 20 heavy (non-hydrogen) atoms. The van der Waals surface area contributed by atoms with E-state index in [-0.39, 0.29) is 6.54 Å². The van der Waals surface area contributed by atoms with Crippen molar-refractivity contribution in [3.05, 3.63) is 65.2 Å². The first-order valence-electron chi connectivity index (χ1n) is 6.37.